The number of rotatable bonds is 5. The average Bonchev–Trinajstić information content (AvgIpc) is 3.14. The number of nitrogens with one attached hydrogen (secondary N) is 1. The van der Waals surface area contributed by atoms with E-state index in [4.69, 9.17) is 4.74 Å². The molecule has 1 aromatic rings. The number of carbonyl (C=O) groups excluding carboxylic acids is 3. The molecule has 0 aliphatic carbocycles. The molecule has 3 amide bonds. The van der Waals surface area contributed by atoms with Crippen molar-refractivity contribution in [1.29, 1.82) is 0 Å². The summed E-state index contributed by atoms with van der Waals surface area (Å²) in [6.45, 7) is 3.92. The molecule has 0 aromatic heterocycles. The summed E-state index contributed by atoms with van der Waals surface area (Å²) in [4.78, 5) is 39.0. The van der Waals surface area contributed by atoms with E-state index in [1.54, 1.807) is 17.0 Å². The van der Waals surface area contributed by atoms with E-state index in [9.17, 15) is 18.8 Å². The van der Waals surface area contributed by atoms with Crippen LogP contribution in [0, 0.1) is 11.7 Å². The second-order valence-electron chi connectivity index (χ2n) is 7.22. The third kappa shape index (κ3) is 3.17. The molecular weight excluding hydrogens is 355 g/mol. The van der Waals surface area contributed by atoms with Crippen molar-refractivity contribution in [2.75, 3.05) is 42.5 Å². The monoisotopic (exact) mass is 376 g/mol. The van der Waals surface area contributed by atoms with Gasteiger partial charge in [-0.3, -0.25) is 14.5 Å². The largest absolute Gasteiger partial charge is 0.442 e. The summed E-state index contributed by atoms with van der Waals surface area (Å²) in [7, 11) is 0. The Kier molecular flexibility index (Phi) is 4.37. The number of hydrogen-bond donors (Lipinski definition) is 1. The number of benzene rings is 1. The van der Waals surface area contributed by atoms with E-state index in [0.29, 0.717) is 23.8 Å². The number of cyclic esters (lactones) is 1. The van der Waals surface area contributed by atoms with E-state index in [1.807, 2.05) is 4.90 Å². The molecule has 144 valence electrons. The smallest absolute Gasteiger partial charge is 0.414 e. The Morgan fingerprint density at radius 3 is 2.85 bits per heavy atom. The molecule has 3 fully saturated rings. The van der Waals surface area contributed by atoms with Crippen molar-refractivity contribution in [3.8, 4) is 0 Å². The molecular formula is C18H21FN4O4. The maximum atomic E-state index is 14.7. The summed E-state index contributed by atoms with van der Waals surface area (Å²) in [6.07, 6.45) is -0.175. The Morgan fingerprint density at radius 2 is 2.15 bits per heavy atom. The fourth-order valence-electron chi connectivity index (χ4n) is 4.01. The number of fused-ring (bicyclic) bond motifs is 1. The molecule has 1 aromatic carbocycles. The number of hydrogen-bond acceptors (Lipinski definition) is 5. The highest BCUT2D eigenvalue weighted by atomic mass is 19.1. The summed E-state index contributed by atoms with van der Waals surface area (Å²) in [6, 6.07) is 4.84. The van der Waals surface area contributed by atoms with Crippen LogP contribution in [0.3, 0.4) is 0 Å². The van der Waals surface area contributed by atoms with Crippen molar-refractivity contribution >= 4 is 29.8 Å². The van der Waals surface area contributed by atoms with Gasteiger partial charge in [0.2, 0.25) is 12.3 Å². The van der Waals surface area contributed by atoms with Crippen molar-refractivity contribution in [2.24, 2.45) is 5.92 Å². The van der Waals surface area contributed by atoms with Crippen LogP contribution in [0.25, 0.3) is 0 Å². The molecule has 8 nitrogen and oxygen atoms in total. The molecule has 3 aliphatic rings. The minimum absolute atomic E-state index is 0.157. The maximum Gasteiger partial charge on any atom is 0.414 e. The molecule has 0 saturated carbocycles. The lowest BCUT2D eigenvalue weighted by molar-refractivity contribution is -0.127. The van der Waals surface area contributed by atoms with E-state index >= 15 is 0 Å². The van der Waals surface area contributed by atoms with Gasteiger partial charge in [0.25, 0.3) is 0 Å². The first-order valence-electron chi connectivity index (χ1n) is 8.94. The topological polar surface area (TPSA) is 82.2 Å². The molecule has 9 heteroatoms. The summed E-state index contributed by atoms with van der Waals surface area (Å²) in [5.74, 6) is -0.227. The van der Waals surface area contributed by atoms with Gasteiger partial charge in [0.15, 0.2) is 0 Å². The van der Waals surface area contributed by atoms with E-state index in [2.05, 4.69) is 5.32 Å². The molecule has 0 radical (unpaired) electrons. The number of anilines is 2. The van der Waals surface area contributed by atoms with Gasteiger partial charge >= 0.3 is 6.09 Å². The molecule has 0 unspecified atom stereocenters. The molecule has 3 saturated heterocycles. The van der Waals surface area contributed by atoms with Crippen LogP contribution in [0.4, 0.5) is 20.6 Å². The zero-order valence-electron chi connectivity index (χ0n) is 14.9. The van der Waals surface area contributed by atoms with Gasteiger partial charge in [-0.1, -0.05) is 0 Å². The van der Waals surface area contributed by atoms with Crippen LogP contribution in [-0.4, -0.2) is 68.2 Å². The number of likely N-dealkylation sites (tertiary alicyclic amines) is 1. The molecule has 0 spiro atoms. The second kappa shape index (κ2) is 6.71. The Morgan fingerprint density at radius 1 is 1.33 bits per heavy atom. The Balaban J connectivity index is 1.44. The van der Waals surface area contributed by atoms with Gasteiger partial charge in [-0.25, -0.2) is 9.18 Å². The Hall–Kier alpha value is -2.84. The van der Waals surface area contributed by atoms with E-state index in [0.717, 1.165) is 19.5 Å². The zero-order valence-corrected chi connectivity index (χ0v) is 14.9. The van der Waals surface area contributed by atoms with Gasteiger partial charge in [0, 0.05) is 32.5 Å². The van der Waals surface area contributed by atoms with Gasteiger partial charge in [-0.15, -0.1) is 0 Å². The zero-order chi connectivity index (χ0) is 19.1. The lowest BCUT2D eigenvalue weighted by atomic mass is 9.93. The number of carbonyl (C=O) groups is 3. The summed E-state index contributed by atoms with van der Waals surface area (Å²) >= 11 is 0. The fraction of sp³-hybridized carbons (Fsp3) is 0.500. The van der Waals surface area contributed by atoms with Gasteiger partial charge < -0.3 is 19.9 Å². The normalized spacial score (nSPS) is 26.5. The van der Waals surface area contributed by atoms with E-state index in [-0.39, 0.29) is 25.0 Å². The van der Waals surface area contributed by atoms with Crippen molar-refractivity contribution in [1.82, 2.24) is 10.2 Å². The van der Waals surface area contributed by atoms with Crippen LogP contribution >= 0.6 is 0 Å². The SMILES string of the molecule is CC(=O)NC[C@H]1CN(c2ccc(N3C[C@@H]4CN(C=O)[C@@H]4C3)c(F)c2)C(=O)O1. The second-order valence-corrected chi connectivity index (χ2v) is 7.22. The third-order valence-corrected chi connectivity index (χ3v) is 5.45. The van der Waals surface area contributed by atoms with Gasteiger partial charge in [-0.2, -0.15) is 0 Å². The van der Waals surface area contributed by atoms with Crippen LogP contribution in [-0.2, 0) is 14.3 Å². The first kappa shape index (κ1) is 17.6. The highest BCUT2D eigenvalue weighted by Crippen LogP contribution is 2.36. The van der Waals surface area contributed by atoms with Crippen LogP contribution in [0.2, 0.25) is 0 Å². The standard InChI is InChI=1S/C18H21FN4O4/c1-11(25)20-5-14-8-23(18(26)27-14)13-2-3-16(15(19)4-13)21-6-12-7-22(10-24)17(12)9-21/h2-4,10,12,14,17H,5-9H2,1H3,(H,20,25)/t12-,14+,17-/m1/s1. The Bertz CT molecular complexity index is 789. The lowest BCUT2D eigenvalue weighted by Crippen LogP contribution is -2.54. The molecule has 3 atom stereocenters. The van der Waals surface area contributed by atoms with E-state index in [1.165, 1.54) is 17.9 Å². The van der Waals surface area contributed by atoms with Crippen molar-refractivity contribution < 1.29 is 23.5 Å². The van der Waals surface area contributed by atoms with Gasteiger partial charge in [-0.05, 0) is 18.2 Å². The Labute approximate surface area is 155 Å². The predicted molar refractivity (Wildman–Crippen MR) is 95.0 cm³/mol. The molecule has 3 aliphatic heterocycles. The van der Waals surface area contributed by atoms with Crippen LogP contribution < -0.4 is 15.1 Å². The van der Waals surface area contributed by atoms with Crippen molar-refractivity contribution in [2.45, 2.75) is 19.1 Å². The number of halogens is 1. The minimum atomic E-state index is -0.557. The first-order chi connectivity index (χ1) is 13.0. The van der Waals surface area contributed by atoms with E-state index < -0.39 is 18.0 Å². The maximum absolute atomic E-state index is 14.7. The fourth-order valence-corrected chi connectivity index (χ4v) is 4.01. The molecule has 27 heavy (non-hydrogen) atoms. The number of ether oxygens (including phenoxy) is 1. The van der Waals surface area contributed by atoms with Crippen molar-refractivity contribution in [3.05, 3.63) is 24.0 Å². The molecule has 4 rings (SSSR count). The highest BCUT2D eigenvalue weighted by molar-refractivity contribution is 5.90. The van der Waals surface area contributed by atoms with Gasteiger partial charge in [0.05, 0.1) is 30.5 Å². The number of nitrogens with zero attached hydrogens (tertiary/aromatic N) is 3. The van der Waals surface area contributed by atoms with Crippen LogP contribution in [0.1, 0.15) is 6.92 Å². The minimum Gasteiger partial charge on any atom is -0.442 e. The highest BCUT2D eigenvalue weighted by Gasteiger charge is 2.45. The summed E-state index contributed by atoms with van der Waals surface area (Å²) in [5.41, 5.74) is 0.893. The molecule has 3 heterocycles. The van der Waals surface area contributed by atoms with Crippen LogP contribution in [0.5, 0.6) is 0 Å². The first-order valence-corrected chi connectivity index (χ1v) is 8.94. The number of amides is 3. The molecule has 0 bridgehead atoms. The lowest BCUT2D eigenvalue weighted by Gasteiger charge is -2.40. The van der Waals surface area contributed by atoms with Gasteiger partial charge in [0.1, 0.15) is 11.9 Å². The molecule has 1 N–H and O–H groups in total. The summed E-state index contributed by atoms with van der Waals surface area (Å²) < 4.78 is 19.9. The third-order valence-electron chi connectivity index (χ3n) is 5.45. The predicted octanol–water partition coefficient (Wildman–Crippen LogP) is 0.564. The average molecular weight is 376 g/mol. The van der Waals surface area contributed by atoms with Crippen LogP contribution in [0.15, 0.2) is 18.2 Å². The quantitative estimate of drug-likeness (QED) is 0.760. The summed E-state index contributed by atoms with van der Waals surface area (Å²) in [5, 5.41) is 2.61. The van der Waals surface area contributed by atoms with Crippen molar-refractivity contribution in [3.63, 3.8) is 0 Å².